The first-order chi connectivity index (χ1) is 11.5. The van der Waals surface area contributed by atoms with Crippen LogP contribution in [-0.2, 0) is 13.0 Å². The molecule has 0 aliphatic rings. The third-order valence-electron chi connectivity index (χ3n) is 3.99. The van der Waals surface area contributed by atoms with E-state index in [1.54, 1.807) is 13.2 Å². The summed E-state index contributed by atoms with van der Waals surface area (Å²) in [6, 6.07) is 8.24. The molecule has 2 N–H and O–H groups in total. The zero-order valence-electron chi connectivity index (χ0n) is 14.8. The average molecular weight is 345 g/mol. The lowest BCUT2D eigenvalue weighted by Gasteiger charge is -2.15. The predicted octanol–water partition coefficient (Wildman–Crippen LogP) is 3.57. The second-order valence-electron chi connectivity index (χ2n) is 5.97. The minimum absolute atomic E-state index is 0.521. The minimum Gasteiger partial charge on any atom is -0.356 e. The first-order valence-corrected chi connectivity index (χ1v) is 8.49. The molecule has 1 aromatic carbocycles. The highest BCUT2D eigenvalue weighted by atomic mass is 35.5. The van der Waals surface area contributed by atoms with Gasteiger partial charge in [0.1, 0.15) is 5.15 Å². The van der Waals surface area contributed by atoms with E-state index in [-0.39, 0.29) is 0 Å². The van der Waals surface area contributed by atoms with Gasteiger partial charge in [-0.05, 0) is 55.5 Å². The first-order valence-electron chi connectivity index (χ1n) is 8.11. The molecule has 0 amide bonds. The lowest BCUT2D eigenvalue weighted by Crippen LogP contribution is -2.38. The third kappa shape index (κ3) is 5.24. The summed E-state index contributed by atoms with van der Waals surface area (Å²) in [6.07, 6.45) is 2.67. The van der Waals surface area contributed by atoms with Crippen LogP contribution in [0.3, 0.4) is 0 Å². The largest absolute Gasteiger partial charge is 0.356 e. The molecule has 1 heterocycles. The molecule has 24 heavy (non-hydrogen) atoms. The van der Waals surface area contributed by atoms with E-state index in [1.807, 2.05) is 12.1 Å². The van der Waals surface area contributed by atoms with E-state index >= 15 is 0 Å². The van der Waals surface area contributed by atoms with Crippen LogP contribution in [0.15, 0.2) is 35.5 Å². The van der Waals surface area contributed by atoms with Crippen molar-refractivity contribution in [1.82, 2.24) is 15.6 Å². The van der Waals surface area contributed by atoms with Gasteiger partial charge >= 0.3 is 0 Å². The maximum absolute atomic E-state index is 5.80. The van der Waals surface area contributed by atoms with Gasteiger partial charge in [-0.2, -0.15) is 0 Å². The summed E-state index contributed by atoms with van der Waals surface area (Å²) < 4.78 is 0. The molecule has 4 nitrogen and oxygen atoms in total. The summed E-state index contributed by atoms with van der Waals surface area (Å²) in [4.78, 5) is 8.37. The highest BCUT2D eigenvalue weighted by Crippen LogP contribution is 2.15. The SMILES string of the molecule is CN=C(NCCc1ccc(Cl)nc1)NCc1c(C)cc(C)cc1C. The number of rotatable bonds is 5. The average Bonchev–Trinajstić information content (AvgIpc) is 2.54. The number of benzene rings is 1. The van der Waals surface area contributed by atoms with Gasteiger partial charge in [0, 0.05) is 26.3 Å². The molecule has 128 valence electrons. The van der Waals surface area contributed by atoms with Crippen molar-refractivity contribution in [3.05, 3.63) is 63.4 Å². The van der Waals surface area contributed by atoms with Crippen molar-refractivity contribution in [3.63, 3.8) is 0 Å². The molecule has 0 aliphatic heterocycles. The Bertz CT molecular complexity index is 685. The Kier molecular flexibility index (Phi) is 6.62. The second kappa shape index (κ2) is 8.69. The smallest absolute Gasteiger partial charge is 0.191 e. The molecule has 5 heteroatoms. The molecule has 2 aromatic rings. The van der Waals surface area contributed by atoms with Gasteiger partial charge in [-0.3, -0.25) is 4.99 Å². The fourth-order valence-corrected chi connectivity index (χ4v) is 2.87. The van der Waals surface area contributed by atoms with Crippen molar-refractivity contribution in [3.8, 4) is 0 Å². The molecule has 0 unspecified atom stereocenters. The quantitative estimate of drug-likeness (QED) is 0.495. The van der Waals surface area contributed by atoms with Gasteiger partial charge in [-0.25, -0.2) is 4.98 Å². The number of aliphatic imine (C=N–C) groups is 1. The Morgan fingerprint density at radius 2 is 1.83 bits per heavy atom. The summed E-state index contributed by atoms with van der Waals surface area (Å²) in [7, 11) is 1.79. The maximum atomic E-state index is 5.80. The van der Waals surface area contributed by atoms with Crippen molar-refractivity contribution in [2.45, 2.75) is 33.7 Å². The molecule has 0 spiro atoms. The molecule has 0 radical (unpaired) electrons. The summed E-state index contributed by atoms with van der Waals surface area (Å²) >= 11 is 5.80. The van der Waals surface area contributed by atoms with E-state index in [4.69, 9.17) is 11.6 Å². The third-order valence-corrected chi connectivity index (χ3v) is 4.21. The van der Waals surface area contributed by atoms with Crippen molar-refractivity contribution in [1.29, 1.82) is 0 Å². The van der Waals surface area contributed by atoms with E-state index in [0.29, 0.717) is 5.15 Å². The van der Waals surface area contributed by atoms with Gasteiger partial charge in [0.05, 0.1) is 0 Å². The number of hydrogen-bond donors (Lipinski definition) is 2. The van der Waals surface area contributed by atoms with Crippen molar-refractivity contribution in [2.75, 3.05) is 13.6 Å². The van der Waals surface area contributed by atoms with Crippen LogP contribution in [0, 0.1) is 20.8 Å². The van der Waals surface area contributed by atoms with Crippen LogP contribution < -0.4 is 10.6 Å². The molecule has 0 aliphatic carbocycles. The maximum Gasteiger partial charge on any atom is 0.191 e. The highest BCUT2D eigenvalue weighted by Gasteiger charge is 2.05. The number of aromatic nitrogens is 1. The number of guanidine groups is 1. The number of aryl methyl sites for hydroxylation is 3. The molecule has 0 fully saturated rings. The van der Waals surface area contributed by atoms with E-state index in [0.717, 1.165) is 31.0 Å². The Morgan fingerprint density at radius 1 is 1.12 bits per heavy atom. The van der Waals surface area contributed by atoms with Crippen molar-refractivity contribution in [2.24, 2.45) is 4.99 Å². The van der Waals surface area contributed by atoms with Crippen LogP contribution in [0.25, 0.3) is 0 Å². The van der Waals surface area contributed by atoms with Crippen LogP contribution in [0.2, 0.25) is 5.15 Å². The zero-order chi connectivity index (χ0) is 17.5. The number of pyridine rings is 1. The topological polar surface area (TPSA) is 49.3 Å². The van der Waals surface area contributed by atoms with E-state index in [1.165, 1.54) is 22.3 Å². The lowest BCUT2D eigenvalue weighted by molar-refractivity contribution is 0.788. The summed E-state index contributed by atoms with van der Waals surface area (Å²) in [5, 5.41) is 7.24. The van der Waals surface area contributed by atoms with Gasteiger partial charge in [-0.1, -0.05) is 35.4 Å². The van der Waals surface area contributed by atoms with Crippen LogP contribution in [0.1, 0.15) is 27.8 Å². The molecule has 0 saturated heterocycles. The fraction of sp³-hybridized carbons (Fsp3) is 0.368. The second-order valence-corrected chi connectivity index (χ2v) is 6.36. The predicted molar refractivity (Wildman–Crippen MR) is 102 cm³/mol. The van der Waals surface area contributed by atoms with E-state index in [9.17, 15) is 0 Å². The number of nitrogens with one attached hydrogen (secondary N) is 2. The molecule has 0 bridgehead atoms. The highest BCUT2D eigenvalue weighted by molar-refractivity contribution is 6.29. The summed E-state index contributed by atoms with van der Waals surface area (Å²) in [5.74, 6) is 0.802. The number of hydrogen-bond acceptors (Lipinski definition) is 2. The number of nitrogens with zero attached hydrogens (tertiary/aromatic N) is 2. The molecule has 2 rings (SSSR count). The van der Waals surface area contributed by atoms with Crippen LogP contribution in [-0.4, -0.2) is 24.5 Å². The Morgan fingerprint density at radius 3 is 2.42 bits per heavy atom. The van der Waals surface area contributed by atoms with Crippen molar-refractivity contribution < 1.29 is 0 Å². The Labute approximate surface area is 149 Å². The van der Waals surface area contributed by atoms with E-state index in [2.05, 4.69) is 53.5 Å². The minimum atomic E-state index is 0.521. The molecular weight excluding hydrogens is 320 g/mol. The fourth-order valence-electron chi connectivity index (χ4n) is 2.76. The molecule has 0 saturated carbocycles. The Balaban J connectivity index is 1.86. The van der Waals surface area contributed by atoms with Gasteiger partial charge < -0.3 is 10.6 Å². The zero-order valence-corrected chi connectivity index (χ0v) is 15.5. The van der Waals surface area contributed by atoms with Crippen LogP contribution >= 0.6 is 11.6 Å². The monoisotopic (exact) mass is 344 g/mol. The number of halogens is 1. The Hall–Kier alpha value is -2.07. The normalized spacial score (nSPS) is 11.5. The van der Waals surface area contributed by atoms with E-state index < -0.39 is 0 Å². The van der Waals surface area contributed by atoms with Crippen LogP contribution in [0.4, 0.5) is 0 Å². The van der Waals surface area contributed by atoms with Gasteiger partial charge in [0.25, 0.3) is 0 Å². The van der Waals surface area contributed by atoms with Gasteiger partial charge in [0.15, 0.2) is 5.96 Å². The first kappa shape index (κ1) is 18.3. The summed E-state index contributed by atoms with van der Waals surface area (Å²) in [5.41, 5.74) is 6.39. The van der Waals surface area contributed by atoms with Gasteiger partial charge in [0.2, 0.25) is 0 Å². The molecule has 0 atom stereocenters. The van der Waals surface area contributed by atoms with Gasteiger partial charge in [-0.15, -0.1) is 0 Å². The lowest BCUT2D eigenvalue weighted by atomic mass is 10.00. The van der Waals surface area contributed by atoms with Crippen LogP contribution in [0.5, 0.6) is 0 Å². The summed E-state index contributed by atoms with van der Waals surface area (Å²) in [6.45, 7) is 7.99. The molecule has 1 aromatic heterocycles. The standard InChI is InChI=1S/C19H25ClN4/c1-13-9-14(2)17(15(3)10-13)12-24-19(21-4)22-8-7-16-5-6-18(20)23-11-16/h5-6,9-11H,7-8,12H2,1-4H3,(H2,21,22,24). The van der Waals surface area contributed by atoms with Crippen molar-refractivity contribution >= 4 is 17.6 Å². The molecular formula is C19H25ClN4.